The van der Waals surface area contributed by atoms with Crippen molar-refractivity contribution in [3.8, 4) is 0 Å². The van der Waals surface area contributed by atoms with Crippen molar-refractivity contribution in [2.75, 3.05) is 0 Å². The summed E-state index contributed by atoms with van der Waals surface area (Å²) in [7, 11) is 0. The summed E-state index contributed by atoms with van der Waals surface area (Å²) in [6.07, 6.45) is 0. The number of nitrogens with one attached hydrogen (secondary N) is 2. The van der Waals surface area contributed by atoms with Crippen LogP contribution in [0.25, 0.3) is 0 Å². The zero-order chi connectivity index (χ0) is 14.7. The number of aryl methyl sites for hydroxylation is 2. The third-order valence-electron chi connectivity index (χ3n) is 3.07. The van der Waals surface area contributed by atoms with E-state index in [-0.39, 0.29) is 18.1 Å². The first kappa shape index (κ1) is 14.2. The summed E-state index contributed by atoms with van der Waals surface area (Å²) in [5, 5.41) is 5.66. The van der Waals surface area contributed by atoms with Crippen molar-refractivity contribution in [2.24, 2.45) is 0 Å². The molecule has 0 unspecified atom stereocenters. The average molecular weight is 276 g/mol. The second-order valence-electron chi connectivity index (χ2n) is 4.96. The highest BCUT2D eigenvalue weighted by molar-refractivity contribution is 5.74. The molecule has 5 heteroatoms. The summed E-state index contributed by atoms with van der Waals surface area (Å²) in [4.78, 5) is 11.9. The lowest BCUT2D eigenvalue weighted by Gasteiger charge is -2.15. The predicted molar refractivity (Wildman–Crippen MR) is 75.4 cm³/mol. The average Bonchev–Trinajstić information content (AvgIpc) is 2.97. The molecule has 0 aromatic carbocycles. The van der Waals surface area contributed by atoms with Crippen LogP contribution >= 0.6 is 0 Å². The smallest absolute Gasteiger partial charge is 0.315 e. The fraction of sp³-hybridized carbons (Fsp3) is 0.400. The highest BCUT2D eigenvalue weighted by Crippen LogP contribution is 2.17. The van der Waals surface area contributed by atoms with E-state index in [4.69, 9.17) is 8.83 Å². The van der Waals surface area contributed by atoms with Crippen LogP contribution in [0, 0.1) is 13.8 Å². The van der Waals surface area contributed by atoms with Crippen LogP contribution in [0.5, 0.6) is 0 Å². The van der Waals surface area contributed by atoms with E-state index in [1.807, 2.05) is 52.0 Å². The van der Waals surface area contributed by atoms with Crippen molar-refractivity contribution in [3.63, 3.8) is 0 Å². The van der Waals surface area contributed by atoms with Crippen LogP contribution in [-0.2, 0) is 0 Å². The molecule has 2 aromatic heterocycles. The Balaban J connectivity index is 1.89. The molecule has 0 aliphatic rings. The Labute approximate surface area is 118 Å². The lowest BCUT2D eigenvalue weighted by molar-refractivity contribution is 0.231. The molecule has 5 nitrogen and oxygen atoms in total. The molecule has 2 amide bonds. The van der Waals surface area contributed by atoms with E-state index in [2.05, 4.69) is 10.6 Å². The van der Waals surface area contributed by atoms with Crippen molar-refractivity contribution >= 4 is 6.03 Å². The molecule has 2 rings (SSSR count). The minimum absolute atomic E-state index is 0.186. The van der Waals surface area contributed by atoms with Gasteiger partial charge in [0.2, 0.25) is 0 Å². The second-order valence-corrected chi connectivity index (χ2v) is 4.96. The normalized spacial score (nSPS) is 13.8. The third kappa shape index (κ3) is 3.44. The molecule has 0 bridgehead atoms. The lowest BCUT2D eigenvalue weighted by Crippen LogP contribution is -2.38. The van der Waals surface area contributed by atoms with Gasteiger partial charge in [-0.05, 0) is 52.0 Å². The summed E-state index contributed by atoms with van der Waals surface area (Å²) in [6, 6.07) is 6.84. The van der Waals surface area contributed by atoms with Gasteiger partial charge in [-0.2, -0.15) is 0 Å². The molecule has 0 saturated carbocycles. The summed E-state index contributed by atoms with van der Waals surface area (Å²) >= 11 is 0. The Kier molecular flexibility index (Phi) is 4.17. The topological polar surface area (TPSA) is 67.4 Å². The molecule has 0 spiro atoms. The maximum absolute atomic E-state index is 11.9. The highest BCUT2D eigenvalue weighted by Gasteiger charge is 2.16. The van der Waals surface area contributed by atoms with E-state index >= 15 is 0 Å². The molecule has 2 heterocycles. The number of carbonyl (C=O) groups is 1. The summed E-state index contributed by atoms with van der Waals surface area (Å²) in [5.74, 6) is 3.13. The zero-order valence-corrected chi connectivity index (χ0v) is 12.2. The Morgan fingerprint density at radius 2 is 1.30 bits per heavy atom. The molecule has 108 valence electrons. The molecule has 20 heavy (non-hydrogen) atoms. The van der Waals surface area contributed by atoms with Crippen LogP contribution in [0.3, 0.4) is 0 Å². The Morgan fingerprint density at radius 3 is 1.60 bits per heavy atom. The molecule has 0 aliphatic heterocycles. The van der Waals surface area contributed by atoms with Crippen molar-refractivity contribution in [1.82, 2.24) is 10.6 Å². The highest BCUT2D eigenvalue weighted by atomic mass is 16.3. The monoisotopic (exact) mass is 276 g/mol. The second kappa shape index (κ2) is 5.86. The molecule has 2 N–H and O–H groups in total. The largest absolute Gasteiger partial charge is 0.464 e. The van der Waals surface area contributed by atoms with Gasteiger partial charge >= 0.3 is 6.03 Å². The number of carbonyl (C=O) groups excluding carboxylic acids is 1. The fourth-order valence-electron chi connectivity index (χ4n) is 1.95. The third-order valence-corrected chi connectivity index (χ3v) is 3.07. The standard InChI is InChI=1S/C15H20N2O3/c1-9-5-7-13(19-9)11(3)16-15(18)17-12(4)14-8-6-10(2)20-14/h5-8,11-12H,1-4H3,(H2,16,17,18)/t11-,12+. The molecule has 0 saturated heterocycles. The minimum Gasteiger partial charge on any atom is -0.464 e. The summed E-state index contributed by atoms with van der Waals surface area (Å²) < 4.78 is 11.0. The number of furan rings is 2. The molecule has 0 radical (unpaired) electrons. The van der Waals surface area contributed by atoms with Gasteiger partial charge in [-0.25, -0.2) is 4.79 Å². The first-order chi connectivity index (χ1) is 9.45. The van der Waals surface area contributed by atoms with E-state index in [1.165, 1.54) is 0 Å². The summed E-state index contributed by atoms with van der Waals surface area (Å²) in [6.45, 7) is 7.49. The molecule has 0 aliphatic carbocycles. The first-order valence-corrected chi connectivity index (χ1v) is 6.65. The van der Waals surface area contributed by atoms with Crippen LogP contribution in [0.15, 0.2) is 33.1 Å². The van der Waals surface area contributed by atoms with Gasteiger partial charge in [0.25, 0.3) is 0 Å². The number of amides is 2. The van der Waals surface area contributed by atoms with Gasteiger partial charge in [-0.1, -0.05) is 0 Å². The van der Waals surface area contributed by atoms with E-state index < -0.39 is 0 Å². The number of hydrogen-bond acceptors (Lipinski definition) is 3. The SMILES string of the molecule is Cc1ccc([C@H](C)NC(=O)N[C@H](C)c2ccc(C)o2)o1. The molecule has 0 fully saturated rings. The van der Waals surface area contributed by atoms with Crippen LogP contribution in [0.1, 0.15) is 49.0 Å². The van der Waals surface area contributed by atoms with Crippen molar-refractivity contribution < 1.29 is 13.6 Å². The van der Waals surface area contributed by atoms with Gasteiger partial charge in [0, 0.05) is 0 Å². The van der Waals surface area contributed by atoms with Crippen LogP contribution in [0.2, 0.25) is 0 Å². The predicted octanol–water partition coefficient (Wildman–Crippen LogP) is 3.61. The molecule has 2 aromatic rings. The maximum atomic E-state index is 11.9. The number of rotatable bonds is 4. The van der Waals surface area contributed by atoms with Gasteiger partial charge in [-0.3, -0.25) is 0 Å². The van der Waals surface area contributed by atoms with Gasteiger partial charge in [0.05, 0.1) is 12.1 Å². The van der Waals surface area contributed by atoms with Crippen LogP contribution < -0.4 is 10.6 Å². The molecular weight excluding hydrogens is 256 g/mol. The minimum atomic E-state index is -0.256. The Bertz CT molecular complexity index is 535. The quantitative estimate of drug-likeness (QED) is 0.896. The van der Waals surface area contributed by atoms with Gasteiger partial charge < -0.3 is 19.5 Å². The first-order valence-electron chi connectivity index (χ1n) is 6.65. The van der Waals surface area contributed by atoms with E-state index in [1.54, 1.807) is 0 Å². The molecular formula is C15H20N2O3. The van der Waals surface area contributed by atoms with Crippen molar-refractivity contribution in [3.05, 3.63) is 47.3 Å². The van der Waals surface area contributed by atoms with Crippen molar-refractivity contribution in [2.45, 2.75) is 39.8 Å². The Hall–Kier alpha value is -2.17. The number of urea groups is 1. The Morgan fingerprint density at radius 1 is 0.900 bits per heavy atom. The van der Waals surface area contributed by atoms with E-state index in [9.17, 15) is 4.79 Å². The zero-order valence-electron chi connectivity index (χ0n) is 12.2. The molecule has 2 atom stereocenters. The van der Waals surface area contributed by atoms with Crippen LogP contribution in [0.4, 0.5) is 4.79 Å². The van der Waals surface area contributed by atoms with Gasteiger partial charge in [0.15, 0.2) is 0 Å². The van der Waals surface area contributed by atoms with Crippen molar-refractivity contribution in [1.29, 1.82) is 0 Å². The summed E-state index contributed by atoms with van der Waals surface area (Å²) in [5.41, 5.74) is 0. The van der Waals surface area contributed by atoms with Gasteiger partial charge in [-0.15, -0.1) is 0 Å². The van der Waals surface area contributed by atoms with E-state index in [0.717, 1.165) is 23.0 Å². The lowest BCUT2D eigenvalue weighted by atomic mass is 10.2. The van der Waals surface area contributed by atoms with Gasteiger partial charge in [0.1, 0.15) is 23.0 Å². The number of hydrogen-bond donors (Lipinski definition) is 2. The fourth-order valence-corrected chi connectivity index (χ4v) is 1.95. The maximum Gasteiger partial charge on any atom is 0.315 e. The van der Waals surface area contributed by atoms with Crippen LogP contribution in [-0.4, -0.2) is 6.03 Å². The van der Waals surface area contributed by atoms with E-state index in [0.29, 0.717) is 0 Å².